The molecular weight excluding hydrogens is 258 g/mol. The number of phenolic OH excluding ortho intramolecular Hbond substituents is 1. The molecule has 118 valence electrons. The van der Waals surface area contributed by atoms with Crippen molar-refractivity contribution in [1.82, 2.24) is 5.32 Å². The minimum absolute atomic E-state index is 0.359. The Morgan fingerprint density at radius 2 is 1.71 bits per heavy atom. The average molecular weight is 289 g/mol. The highest BCUT2D eigenvalue weighted by Crippen LogP contribution is 2.46. The SMILES string of the molecule is CNCC1(Cc2ccc(O)cc2)CCC(C(C)(C)C)CC1. The number of hydrogen-bond donors (Lipinski definition) is 2. The summed E-state index contributed by atoms with van der Waals surface area (Å²) >= 11 is 0. The zero-order chi connectivity index (χ0) is 15.5. The highest BCUT2D eigenvalue weighted by atomic mass is 16.3. The van der Waals surface area contributed by atoms with Crippen molar-refractivity contribution in [1.29, 1.82) is 0 Å². The lowest BCUT2D eigenvalue weighted by molar-refractivity contribution is 0.0876. The van der Waals surface area contributed by atoms with Crippen molar-refractivity contribution in [2.24, 2.45) is 16.7 Å². The summed E-state index contributed by atoms with van der Waals surface area (Å²) in [5.41, 5.74) is 2.16. The number of phenols is 1. The molecule has 0 saturated heterocycles. The van der Waals surface area contributed by atoms with Crippen molar-refractivity contribution >= 4 is 0 Å². The number of hydrogen-bond acceptors (Lipinski definition) is 2. The van der Waals surface area contributed by atoms with Crippen LogP contribution in [0.4, 0.5) is 0 Å². The molecule has 0 bridgehead atoms. The van der Waals surface area contributed by atoms with Crippen molar-refractivity contribution in [2.45, 2.75) is 52.9 Å². The lowest BCUT2D eigenvalue weighted by Crippen LogP contribution is -2.40. The van der Waals surface area contributed by atoms with Gasteiger partial charge in [-0.05, 0) is 73.6 Å². The molecule has 0 amide bonds. The maximum Gasteiger partial charge on any atom is 0.115 e. The Kier molecular flexibility index (Phi) is 4.98. The number of aromatic hydroxyl groups is 1. The predicted octanol–water partition coefficient (Wildman–Crippen LogP) is 4.38. The van der Waals surface area contributed by atoms with Gasteiger partial charge in [0.25, 0.3) is 0 Å². The van der Waals surface area contributed by atoms with Crippen molar-refractivity contribution in [3.8, 4) is 5.75 Å². The van der Waals surface area contributed by atoms with Crippen LogP contribution < -0.4 is 5.32 Å². The van der Waals surface area contributed by atoms with E-state index in [1.807, 2.05) is 12.1 Å². The molecule has 0 spiro atoms. The van der Waals surface area contributed by atoms with Crippen molar-refractivity contribution in [3.63, 3.8) is 0 Å². The second kappa shape index (κ2) is 6.39. The Balaban J connectivity index is 2.06. The first-order chi connectivity index (χ1) is 9.85. The van der Waals surface area contributed by atoms with Gasteiger partial charge in [0.05, 0.1) is 0 Å². The molecule has 2 heteroatoms. The van der Waals surface area contributed by atoms with Crippen LogP contribution >= 0.6 is 0 Å². The summed E-state index contributed by atoms with van der Waals surface area (Å²) in [7, 11) is 2.06. The lowest BCUT2D eigenvalue weighted by Gasteiger charge is -2.44. The first-order valence-corrected chi connectivity index (χ1v) is 8.27. The van der Waals surface area contributed by atoms with Gasteiger partial charge >= 0.3 is 0 Å². The largest absolute Gasteiger partial charge is 0.508 e. The zero-order valence-corrected chi connectivity index (χ0v) is 14.1. The molecule has 0 aromatic heterocycles. The van der Waals surface area contributed by atoms with E-state index in [1.165, 1.54) is 31.2 Å². The summed E-state index contributed by atoms with van der Waals surface area (Å²) in [6.07, 6.45) is 6.39. The first kappa shape index (κ1) is 16.4. The molecule has 0 atom stereocenters. The number of rotatable bonds is 4. The molecule has 1 saturated carbocycles. The van der Waals surface area contributed by atoms with Crippen LogP contribution in [0, 0.1) is 16.7 Å². The molecule has 21 heavy (non-hydrogen) atoms. The van der Waals surface area contributed by atoms with Crippen LogP contribution in [0.25, 0.3) is 0 Å². The molecular formula is C19H31NO. The van der Waals surface area contributed by atoms with Crippen LogP contribution in [-0.4, -0.2) is 18.7 Å². The Morgan fingerprint density at radius 3 is 2.19 bits per heavy atom. The van der Waals surface area contributed by atoms with Crippen LogP contribution in [0.1, 0.15) is 52.0 Å². The van der Waals surface area contributed by atoms with E-state index in [1.54, 1.807) is 0 Å². The number of nitrogens with one attached hydrogen (secondary N) is 1. The van der Waals surface area contributed by atoms with E-state index in [0.29, 0.717) is 16.6 Å². The molecule has 0 radical (unpaired) electrons. The Morgan fingerprint density at radius 1 is 1.14 bits per heavy atom. The van der Waals surface area contributed by atoms with Crippen molar-refractivity contribution in [3.05, 3.63) is 29.8 Å². The maximum absolute atomic E-state index is 9.44. The minimum atomic E-state index is 0.359. The van der Waals surface area contributed by atoms with E-state index in [4.69, 9.17) is 0 Å². The Bertz CT molecular complexity index is 436. The standard InChI is InChI=1S/C19H31NO/c1-18(2,3)16-9-11-19(12-10-16,14-20-4)13-15-5-7-17(21)8-6-15/h5-8,16,20-21H,9-14H2,1-4H3. The zero-order valence-electron chi connectivity index (χ0n) is 14.1. The van der Waals surface area contributed by atoms with Crippen LogP contribution in [0.5, 0.6) is 5.75 Å². The highest BCUT2D eigenvalue weighted by Gasteiger charge is 2.38. The van der Waals surface area contributed by atoms with Gasteiger partial charge in [0.2, 0.25) is 0 Å². The Labute approximate surface area is 130 Å². The number of benzene rings is 1. The summed E-state index contributed by atoms with van der Waals surface area (Å²) in [4.78, 5) is 0. The topological polar surface area (TPSA) is 32.3 Å². The molecule has 1 aromatic carbocycles. The van der Waals surface area contributed by atoms with E-state index in [2.05, 4.69) is 45.3 Å². The third kappa shape index (κ3) is 4.23. The summed E-state index contributed by atoms with van der Waals surface area (Å²) in [6.45, 7) is 8.22. The minimum Gasteiger partial charge on any atom is -0.508 e. The van der Waals surface area contributed by atoms with Crippen LogP contribution in [-0.2, 0) is 6.42 Å². The smallest absolute Gasteiger partial charge is 0.115 e. The van der Waals surface area contributed by atoms with Gasteiger partial charge in [0.15, 0.2) is 0 Å². The molecule has 0 aliphatic heterocycles. The lowest BCUT2D eigenvalue weighted by atomic mass is 9.62. The highest BCUT2D eigenvalue weighted by molar-refractivity contribution is 5.26. The maximum atomic E-state index is 9.44. The van der Waals surface area contributed by atoms with Gasteiger partial charge in [-0.25, -0.2) is 0 Å². The van der Waals surface area contributed by atoms with Gasteiger partial charge in [0.1, 0.15) is 5.75 Å². The van der Waals surface area contributed by atoms with Gasteiger partial charge in [-0.2, -0.15) is 0 Å². The summed E-state index contributed by atoms with van der Waals surface area (Å²) in [6, 6.07) is 7.76. The van der Waals surface area contributed by atoms with Crippen LogP contribution in [0.2, 0.25) is 0 Å². The summed E-state index contributed by atoms with van der Waals surface area (Å²) in [5, 5.41) is 12.9. The summed E-state index contributed by atoms with van der Waals surface area (Å²) < 4.78 is 0. The second-order valence-corrected chi connectivity index (χ2v) is 8.01. The molecule has 0 heterocycles. The molecule has 2 nitrogen and oxygen atoms in total. The van der Waals surface area contributed by atoms with Gasteiger partial charge in [-0.15, -0.1) is 0 Å². The average Bonchev–Trinajstić information content (AvgIpc) is 2.41. The van der Waals surface area contributed by atoms with E-state index in [0.717, 1.165) is 18.9 Å². The Hall–Kier alpha value is -1.02. The fourth-order valence-electron chi connectivity index (χ4n) is 3.93. The van der Waals surface area contributed by atoms with Crippen LogP contribution in [0.3, 0.4) is 0 Å². The van der Waals surface area contributed by atoms with E-state index in [-0.39, 0.29) is 0 Å². The molecule has 2 N–H and O–H groups in total. The first-order valence-electron chi connectivity index (χ1n) is 8.27. The van der Waals surface area contributed by atoms with Gasteiger partial charge in [-0.3, -0.25) is 0 Å². The third-order valence-electron chi connectivity index (χ3n) is 5.34. The molecule has 1 aliphatic carbocycles. The normalized spacial score (nSPS) is 26.8. The third-order valence-corrected chi connectivity index (χ3v) is 5.34. The fraction of sp³-hybridized carbons (Fsp3) is 0.684. The molecule has 1 aromatic rings. The monoisotopic (exact) mass is 289 g/mol. The van der Waals surface area contributed by atoms with E-state index < -0.39 is 0 Å². The van der Waals surface area contributed by atoms with Crippen molar-refractivity contribution < 1.29 is 5.11 Å². The molecule has 1 fully saturated rings. The van der Waals surface area contributed by atoms with Gasteiger partial charge in [-0.1, -0.05) is 32.9 Å². The molecule has 0 unspecified atom stereocenters. The van der Waals surface area contributed by atoms with E-state index >= 15 is 0 Å². The molecule has 2 rings (SSSR count). The van der Waals surface area contributed by atoms with Crippen molar-refractivity contribution in [2.75, 3.05) is 13.6 Å². The van der Waals surface area contributed by atoms with E-state index in [9.17, 15) is 5.11 Å². The molecule has 1 aliphatic rings. The summed E-state index contributed by atoms with van der Waals surface area (Å²) in [5.74, 6) is 1.21. The quantitative estimate of drug-likeness (QED) is 0.862. The predicted molar refractivity (Wildman–Crippen MR) is 89.6 cm³/mol. The van der Waals surface area contributed by atoms with Gasteiger partial charge in [0, 0.05) is 6.54 Å². The van der Waals surface area contributed by atoms with Gasteiger partial charge < -0.3 is 10.4 Å². The van der Waals surface area contributed by atoms with Crippen LogP contribution in [0.15, 0.2) is 24.3 Å². The second-order valence-electron chi connectivity index (χ2n) is 8.01. The fourth-order valence-corrected chi connectivity index (χ4v) is 3.93.